The lowest BCUT2D eigenvalue weighted by Crippen LogP contribution is -2.36. The molecular weight excluding hydrogens is 504 g/mol. The van der Waals surface area contributed by atoms with Gasteiger partial charge < -0.3 is 29.3 Å². The predicted molar refractivity (Wildman–Crippen MR) is 131 cm³/mol. The van der Waals surface area contributed by atoms with E-state index in [1.165, 1.54) is 18.2 Å². The van der Waals surface area contributed by atoms with Gasteiger partial charge in [0, 0.05) is 49.3 Å². The van der Waals surface area contributed by atoms with Crippen LogP contribution in [0.5, 0.6) is 0 Å². The second-order valence-electron chi connectivity index (χ2n) is 9.13. The molecule has 2 unspecified atom stereocenters. The van der Waals surface area contributed by atoms with Crippen LogP contribution in [0.15, 0.2) is 45.6 Å². The fourth-order valence-electron chi connectivity index (χ4n) is 4.52. The number of nitrogens with zero attached hydrogens (tertiary/aromatic N) is 2. The van der Waals surface area contributed by atoms with Gasteiger partial charge in [-0.2, -0.15) is 0 Å². The van der Waals surface area contributed by atoms with E-state index in [-0.39, 0.29) is 35.1 Å². The number of morpholine rings is 1. The van der Waals surface area contributed by atoms with Gasteiger partial charge in [-0.15, -0.1) is 5.06 Å². The largest absolute Gasteiger partial charge is 0.440 e. The summed E-state index contributed by atoms with van der Waals surface area (Å²) in [4.78, 5) is 45.1. The van der Waals surface area contributed by atoms with Gasteiger partial charge in [0.15, 0.2) is 17.5 Å². The van der Waals surface area contributed by atoms with Crippen LogP contribution in [0.4, 0.5) is 20.4 Å². The third kappa shape index (κ3) is 5.18. The van der Waals surface area contributed by atoms with E-state index in [1.807, 2.05) is 4.90 Å². The SMILES string of the molecule is CC(Nc1cc(F)cc(F)c1)c1cc(C(=O)ON2C(=O)CCC2O)cc2c(=O)cc(N3CCOCC3)oc12. The molecule has 0 aliphatic carbocycles. The van der Waals surface area contributed by atoms with E-state index in [9.17, 15) is 28.3 Å². The second-order valence-corrected chi connectivity index (χ2v) is 9.13. The number of fused-ring (bicyclic) bond motifs is 1. The van der Waals surface area contributed by atoms with Gasteiger partial charge in [0.25, 0.3) is 5.91 Å². The number of nitrogens with one attached hydrogen (secondary N) is 1. The molecule has 3 aromatic rings. The van der Waals surface area contributed by atoms with E-state index in [1.54, 1.807) is 6.92 Å². The molecule has 2 saturated heterocycles. The van der Waals surface area contributed by atoms with Crippen LogP contribution in [-0.4, -0.2) is 54.6 Å². The Morgan fingerprint density at radius 1 is 1.11 bits per heavy atom. The summed E-state index contributed by atoms with van der Waals surface area (Å²) in [6, 6.07) is 6.28. The zero-order chi connectivity index (χ0) is 27.0. The average Bonchev–Trinajstić information content (AvgIpc) is 3.20. The topological polar surface area (TPSA) is 122 Å². The number of hydrogen-bond donors (Lipinski definition) is 2. The van der Waals surface area contributed by atoms with E-state index in [0.717, 1.165) is 18.2 Å². The Hall–Kier alpha value is -4.03. The Morgan fingerprint density at radius 3 is 2.47 bits per heavy atom. The summed E-state index contributed by atoms with van der Waals surface area (Å²) in [5.74, 6) is -2.77. The average molecular weight is 529 g/mol. The number of carbonyl (C=O) groups excluding carboxylic acids is 2. The van der Waals surface area contributed by atoms with Crippen molar-refractivity contribution in [3.8, 4) is 0 Å². The molecule has 12 heteroatoms. The minimum absolute atomic E-state index is 0.0243. The molecular formula is C26H25F2N3O7. The maximum Gasteiger partial charge on any atom is 0.363 e. The smallest absolute Gasteiger partial charge is 0.363 e. The lowest BCUT2D eigenvalue weighted by atomic mass is 10.0. The Labute approximate surface area is 215 Å². The second kappa shape index (κ2) is 10.4. The number of halogens is 2. The highest BCUT2D eigenvalue weighted by Crippen LogP contribution is 2.31. The zero-order valence-electron chi connectivity index (χ0n) is 20.4. The number of benzene rings is 2. The molecule has 5 rings (SSSR count). The molecule has 2 aliphatic heterocycles. The highest BCUT2D eigenvalue weighted by atomic mass is 19.1. The van der Waals surface area contributed by atoms with Gasteiger partial charge in [0.1, 0.15) is 17.2 Å². The number of rotatable bonds is 6. The molecule has 1 aromatic heterocycles. The molecule has 2 atom stereocenters. The summed E-state index contributed by atoms with van der Waals surface area (Å²) < 4.78 is 39.1. The van der Waals surface area contributed by atoms with Crippen molar-refractivity contribution >= 4 is 34.4 Å². The monoisotopic (exact) mass is 529 g/mol. The van der Waals surface area contributed by atoms with Crippen molar-refractivity contribution in [2.45, 2.75) is 32.0 Å². The Balaban J connectivity index is 1.58. The number of amides is 1. The first-order valence-corrected chi connectivity index (χ1v) is 12.1. The molecule has 1 amide bonds. The van der Waals surface area contributed by atoms with Crippen molar-refractivity contribution < 1.29 is 37.5 Å². The first-order valence-electron chi connectivity index (χ1n) is 12.1. The van der Waals surface area contributed by atoms with E-state index >= 15 is 0 Å². The molecule has 38 heavy (non-hydrogen) atoms. The normalized spacial score (nSPS) is 18.6. The Bertz CT molecular complexity index is 1430. The molecule has 3 heterocycles. The summed E-state index contributed by atoms with van der Waals surface area (Å²) in [5.41, 5.74) is 0.132. The van der Waals surface area contributed by atoms with E-state index in [2.05, 4.69) is 5.32 Å². The summed E-state index contributed by atoms with van der Waals surface area (Å²) in [6.07, 6.45) is -1.12. The van der Waals surface area contributed by atoms with Crippen molar-refractivity contribution in [2.24, 2.45) is 0 Å². The van der Waals surface area contributed by atoms with Crippen molar-refractivity contribution in [2.75, 3.05) is 36.5 Å². The molecule has 0 radical (unpaired) electrons. The number of carbonyl (C=O) groups is 2. The molecule has 2 N–H and O–H groups in total. The highest BCUT2D eigenvalue weighted by molar-refractivity contribution is 5.96. The van der Waals surface area contributed by atoms with Gasteiger partial charge in [-0.25, -0.2) is 13.6 Å². The van der Waals surface area contributed by atoms with Gasteiger partial charge in [-0.1, -0.05) is 0 Å². The Kier molecular flexibility index (Phi) is 7.00. The minimum Gasteiger partial charge on any atom is -0.440 e. The zero-order valence-corrected chi connectivity index (χ0v) is 20.4. The van der Waals surface area contributed by atoms with Gasteiger partial charge in [0.2, 0.25) is 0 Å². The number of hydrogen-bond acceptors (Lipinski definition) is 9. The van der Waals surface area contributed by atoms with Gasteiger partial charge in [-0.05, 0) is 31.2 Å². The third-order valence-electron chi connectivity index (χ3n) is 6.43. The summed E-state index contributed by atoms with van der Waals surface area (Å²) in [7, 11) is 0. The van der Waals surface area contributed by atoms with E-state index < -0.39 is 41.2 Å². The first kappa shape index (κ1) is 25.6. The fourth-order valence-corrected chi connectivity index (χ4v) is 4.52. The lowest BCUT2D eigenvalue weighted by Gasteiger charge is -2.27. The number of aliphatic hydroxyl groups excluding tert-OH is 1. The number of aliphatic hydroxyl groups is 1. The van der Waals surface area contributed by atoms with Crippen molar-refractivity contribution in [3.05, 3.63) is 69.4 Å². The standard InChI is InChI=1S/C26H25F2N3O7/c1-14(29-18-11-16(27)10-17(28)12-18)19-8-15(26(35)38-31-22(33)2-3-23(31)34)9-20-21(32)13-24(37-25(19)20)30-4-6-36-7-5-30/h8-14,22,29,33H,2-7H2,1H3. The van der Waals surface area contributed by atoms with Crippen LogP contribution in [0.2, 0.25) is 0 Å². The fraction of sp³-hybridized carbons (Fsp3) is 0.346. The molecule has 200 valence electrons. The van der Waals surface area contributed by atoms with Crippen LogP contribution in [0.3, 0.4) is 0 Å². The minimum atomic E-state index is -1.27. The van der Waals surface area contributed by atoms with Crippen molar-refractivity contribution in [1.29, 1.82) is 0 Å². The molecule has 2 aromatic carbocycles. The van der Waals surface area contributed by atoms with Crippen LogP contribution in [0.25, 0.3) is 11.0 Å². The van der Waals surface area contributed by atoms with Crippen LogP contribution in [0, 0.1) is 11.6 Å². The van der Waals surface area contributed by atoms with E-state index in [0.29, 0.717) is 42.8 Å². The van der Waals surface area contributed by atoms with Gasteiger partial charge in [-0.3, -0.25) is 9.59 Å². The Morgan fingerprint density at radius 2 is 1.82 bits per heavy atom. The molecule has 0 saturated carbocycles. The lowest BCUT2D eigenvalue weighted by molar-refractivity contribution is -0.191. The van der Waals surface area contributed by atoms with Gasteiger partial charge in [0.05, 0.1) is 30.2 Å². The number of ether oxygens (including phenoxy) is 1. The summed E-state index contributed by atoms with van der Waals surface area (Å²) in [6.45, 7) is 3.61. The van der Waals surface area contributed by atoms with Crippen LogP contribution >= 0.6 is 0 Å². The van der Waals surface area contributed by atoms with Crippen LogP contribution in [0.1, 0.15) is 41.7 Å². The van der Waals surface area contributed by atoms with Crippen LogP contribution in [-0.2, 0) is 14.4 Å². The van der Waals surface area contributed by atoms with Gasteiger partial charge >= 0.3 is 5.97 Å². The van der Waals surface area contributed by atoms with Crippen molar-refractivity contribution in [1.82, 2.24) is 5.06 Å². The summed E-state index contributed by atoms with van der Waals surface area (Å²) >= 11 is 0. The number of anilines is 2. The first-order chi connectivity index (χ1) is 18.2. The molecule has 2 fully saturated rings. The molecule has 0 spiro atoms. The number of hydroxylamine groups is 2. The molecule has 10 nitrogen and oxygen atoms in total. The highest BCUT2D eigenvalue weighted by Gasteiger charge is 2.33. The van der Waals surface area contributed by atoms with Crippen molar-refractivity contribution in [3.63, 3.8) is 0 Å². The third-order valence-corrected chi connectivity index (χ3v) is 6.43. The molecule has 0 bridgehead atoms. The van der Waals surface area contributed by atoms with E-state index in [4.69, 9.17) is 14.0 Å². The molecule has 2 aliphatic rings. The predicted octanol–water partition coefficient (Wildman–Crippen LogP) is 3.09. The quantitative estimate of drug-likeness (QED) is 0.496. The van der Waals surface area contributed by atoms with Crippen LogP contribution < -0.4 is 15.6 Å². The maximum atomic E-state index is 13.8. The maximum absolute atomic E-state index is 13.8. The summed E-state index contributed by atoms with van der Waals surface area (Å²) in [5, 5.41) is 13.6.